The molecule has 0 amide bonds. The quantitative estimate of drug-likeness (QED) is 0.790. The summed E-state index contributed by atoms with van der Waals surface area (Å²) in [5.74, 6) is -0.458. The summed E-state index contributed by atoms with van der Waals surface area (Å²) in [6.45, 7) is 1.27. The number of rotatable bonds is 3. The topological polar surface area (TPSA) is 40.0 Å². The van der Waals surface area contributed by atoms with E-state index in [4.69, 9.17) is 14.3 Å². The highest BCUT2D eigenvalue weighted by Crippen LogP contribution is 2.34. The van der Waals surface area contributed by atoms with E-state index in [1.54, 1.807) is 6.07 Å². The molecule has 1 saturated carbocycles. The van der Waals surface area contributed by atoms with Crippen LogP contribution in [0.5, 0.6) is 0 Å². The Labute approximate surface area is 132 Å². The van der Waals surface area contributed by atoms with E-state index in [-0.39, 0.29) is 6.61 Å². The molecule has 0 aromatic heterocycles. The molecule has 1 aromatic carbocycles. The second kappa shape index (κ2) is 6.49. The van der Waals surface area contributed by atoms with Crippen molar-refractivity contribution in [2.24, 2.45) is 5.16 Å². The van der Waals surface area contributed by atoms with Crippen LogP contribution in [0.4, 0.5) is 13.2 Å². The highest BCUT2D eigenvalue weighted by molar-refractivity contribution is 5.84. The van der Waals surface area contributed by atoms with E-state index in [2.05, 4.69) is 5.16 Å². The van der Waals surface area contributed by atoms with Gasteiger partial charge < -0.3 is 14.3 Å². The lowest BCUT2D eigenvalue weighted by Crippen LogP contribution is -2.35. The summed E-state index contributed by atoms with van der Waals surface area (Å²) in [7, 11) is 0. The van der Waals surface area contributed by atoms with Crippen LogP contribution >= 0.6 is 0 Å². The molecule has 2 fully saturated rings. The molecule has 7 heteroatoms. The van der Waals surface area contributed by atoms with Gasteiger partial charge in [-0.15, -0.1) is 0 Å². The first-order chi connectivity index (χ1) is 11.0. The van der Waals surface area contributed by atoms with Gasteiger partial charge in [-0.1, -0.05) is 17.3 Å². The Balaban J connectivity index is 1.51. The van der Waals surface area contributed by atoms with Crippen LogP contribution in [0, 0.1) is 0 Å². The van der Waals surface area contributed by atoms with Crippen molar-refractivity contribution in [1.29, 1.82) is 0 Å². The molecule has 4 nitrogen and oxygen atoms in total. The standard InChI is InChI=1S/C16H18F3NO3/c17-16(18,19)13-3-1-2-12(10-13)11-23-20-14-4-6-15(7-5-14)21-8-9-22-15/h1-3,10H,4-9,11H2. The molecule has 2 aliphatic rings. The van der Waals surface area contributed by atoms with Crippen molar-refractivity contribution in [3.63, 3.8) is 0 Å². The van der Waals surface area contributed by atoms with E-state index in [9.17, 15) is 13.2 Å². The minimum atomic E-state index is -4.35. The monoisotopic (exact) mass is 329 g/mol. The Bertz CT molecular complexity index is 568. The van der Waals surface area contributed by atoms with E-state index < -0.39 is 17.5 Å². The van der Waals surface area contributed by atoms with Crippen molar-refractivity contribution in [3.05, 3.63) is 35.4 Å². The van der Waals surface area contributed by atoms with Crippen LogP contribution in [-0.2, 0) is 27.1 Å². The van der Waals surface area contributed by atoms with Crippen LogP contribution in [0.15, 0.2) is 29.4 Å². The van der Waals surface area contributed by atoms with Crippen LogP contribution in [0.2, 0.25) is 0 Å². The molecule has 126 valence electrons. The average Bonchev–Trinajstić information content (AvgIpc) is 2.97. The lowest BCUT2D eigenvalue weighted by atomic mass is 9.92. The minimum absolute atomic E-state index is 0.0194. The third-order valence-corrected chi connectivity index (χ3v) is 4.08. The largest absolute Gasteiger partial charge is 0.416 e. The number of benzene rings is 1. The zero-order valence-electron chi connectivity index (χ0n) is 12.6. The van der Waals surface area contributed by atoms with Crippen molar-refractivity contribution >= 4 is 5.71 Å². The molecule has 0 N–H and O–H groups in total. The third-order valence-electron chi connectivity index (χ3n) is 4.08. The number of hydrogen-bond donors (Lipinski definition) is 0. The van der Waals surface area contributed by atoms with Gasteiger partial charge in [-0.2, -0.15) is 13.2 Å². The van der Waals surface area contributed by atoms with Gasteiger partial charge in [0.15, 0.2) is 5.79 Å². The maximum Gasteiger partial charge on any atom is 0.416 e. The predicted molar refractivity (Wildman–Crippen MR) is 76.8 cm³/mol. The van der Waals surface area contributed by atoms with Gasteiger partial charge in [0.2, 0.25) is 0 Å². The lowest BCUT2D eigenvalue weighted by Gasteiger charge is -2.31. The Kier molecular flexibility index (Phi) is 4.59. The molecular weight excluding hydrogens is 311 g/mol. The fraction of sp³-hybridized carbons (Fsp3) is 0.562. The number of alkyl halides is 3. The first kappa shape index (κ1) is 16.3. The summed E-state index contributed by atoms with van der Waals surface area (Å²) in [6, 6.07) is 5.08. The Hall–Kier alpha value is -1.60. The summed E-state index contributed by atoms with van der Waals surface area (Å²) in [5.41, 5.74) is 0.655. The maximum absolute atomic E-state index is 12.6. The number of ether oxygens (including phenoxy) is 2. The minimum Gasteiger partial charge on any atom is -0.391 e. The fourth-order valence-electron chi connectivity index (χ4n) is 2.83. The molecule has 1 saturated heterocycles. The second-order valence-electron chi connectivity index (χ2n) is 5.74. The van der Waals surface area contributed by atoms with E-state index in [1.165, 1.54) is 6.07 Å². The van der Waals surface area contributed by atoms with Crippen LogP contribution in [0.3, 0.4) is 0 Å². The molecular formula is C16H18F3NO3. The molecule has 1 heterocycles. The molecule has 0 radical (unpaired) electrons. The first-order valence-corrected chi connectivity index (χ1v) is 7.59. The van der Waals surface area contributed by atoms with E-state index >= 15 is 0 Å². The summed E-state index contributed by atoms with van der Waals surface area (Å²) in [6.07, 6.45) is -1.45. The van der Waals surface area contributed by atoms with Gasteiger partial charge in [0.05, 0.1) is 24.5 Å². The highest BCUT2D eigenvalue weighted by Gasteiger charge is 2.39. The number of oxime groups is 1. The lowest BCUT2D eigenvalue weighted by molar-refractivity contribution is -0.168. The van der Waals surface area contributed by atoms with Gasteiger partial charge in [-0.3, -0.25) is 0 Å². The molecule has 23 heavy (non-hydrogen) atoms. The predicted octanol–water partition coefficient (Wildman–Crippen LogP) is 3.90. The summed E-state index contributed by atoms with van der Waals surface area (Å²) < 4.78 is 49.1. The van der Waals surface area contributed by atoms with E-state index in [0.717, 1.165) is 30.7 Å². The summed E-state index contributed by atoms with van der Waals surface area (Å²) in [4.78, 5) is 5.22. The summed E-state index contributed by atoms with van der Waals surface area (Å²) in [5, 5.41) is 4.05. The van der Waals surface area contributed by atoms with E-state index in [0.29, 0.717) is 31.6 Å². The SMILES string of the molecule is FC(F)(F)c1cccc(CON=C2CCC3(CC2)OCCO3)c1. The van der Waals surface area contributed by atoms with Crippen molar-refractivity contribution < 1.29 is 27.5 Å². The molecule has 1 aliphatic carbocycles. The van der Waals surface area contributed by atoms with Crippen molar-refractivity contribution in [2.45, 2.75) is 44.3 Å². The Morgan fingerprint density at radius 3 is 2.48 bits per heavy atom. The fourth-order valence-corrected chi connectivity index (χ4v) is 2.83. The molecule has 0 unspecified atom stereocenters. The molecule has 1 spiro atoms. The van der Waals surface area contributed by atoms with Gasteiger partial charge in [-0.25, -0.2) is 0 Å². The zero-order chi connectivity index (χ0) is 16.3. The smallest absolute Gasteiger partial charge is 0.391 e. The molecule has 1 aliphatic heterocycles. The van der Waals surface area contributed by atoms with Gasteiger partial charge in [0.25, 0.3) is 0 Å². The molecule has 3 rings (SSSR count). The van der Waals surface area contributed by atoms with Gasteiger partial charge in [0.1, 0.15) is 6.61 Å². The molecule has 0 atom stereocenters. The van der Waals surface area contributed by atoms with E-state index in [1.807, 2.05) is 0 Å². The normalized spacial score (nSPS) is 20.7. The van der Waals surface area contributed by atoms with Gasteiger partial charge in [0, 0.05) is 12.8 Å². The Morgan fingerprint density at radius 2 is 1.83 bits per heavy atom. The Morgan fingerprint density at radius 1 is 1.13 bits per heavy atom. The van der Waals surface area contributed by atoms with Crippen LogP contribution in [-0.4, -0.2) is 24.7 Å². The van der Waals surface area contributed by atoms with Crippen LogP contribution in [0.1, 0.15) is 36.8 Å². The average molecular weight is 329 g/mol. The van der Waals surface area contributed by atoms with Crippen molar-refractivity contribution in [2.75, 3.05) is 13.2 Å². The first-order valence-electron chi connectivity index (χ1n) is 7.59. The zero-order valence-corrected chi connectivity index (χ0v) is 12.6. The van der Waals surface area contributed by atoms with Crippen LogP contribution in [0.25, 0.3) is 0 Å². The van der Waals surface area contributed by atoms with Gasteiger partial charge >= 0.3 is 6.18 Å². The van der Waals surface area contributed by atoms with Crippen molar-refractivity contribution in [3.8, 4) is 0 Å². The molecule has 1 aromatic rings. The van der Waals surface area contributed by atoms with Crippen LogP contribution < -0.4 is 0 Å². The number of halogens is 3. The van der Waals surface area contributed by atoms with Gasteiger partial charge in [-0.05, 0) is 30.5 Å². The molecule has 0 bridgehead atoms. The maximum atomic E-state index is 12.6. The number of nitrogens with zero attached hydrogens (tertiary/aromatic N) is 1. The highest BCUT2D eigenvalue weighted by atomic mass is 19.4. The third kappa shape index (κ3) is 4.03. The second-order valence-corrected chi connectivity index (χ2v) is 5.74. The summed E-state index contributed by atoms with van der Waals surface area (Å²) >= 11 is 0. The van der Waals surface area contributed by atoms with Crippen molar-refractivity contribution in [1.82, 2.24) is 0 Å². The number of hydrogen-bond acceptors (Lipinski definition) is 4.